The van der Waals surface area contributed by atoms with E-state index in [9.17, 15) is 13.2 Å². The van der Waals surface area contributed by atoms with Crippen LogP contribution in [0.25, 0.3) is 0 Å². The van der Waals surface area contributed by atoms with Crippen LogP contribution >= 0.6 is 12.2 Å². The smallest absolute Gasteiger partial charge is 0.406 e. The molecule has 1 aromatic rings. The van der Waals surface area contributed by atoms with Crippen molar-refractivity contribution in [1.82, 2.24) is 5.32 Å². The number of ether oxygens (including phenoxy) is 1. The molecule has 1 fully saturated rings. The van der Waals surface area contributed by atoms with Crippen LogP contribution in [0.15, 0.2) is 24.3 Å². The van der Waals surface area contributed by atoms with E-state index in [1.807, 2.05) is 0 Å². The summed E-state index contributed by atoms with van der Waals surface area (Å²) < 4.78 is 39.9. The lowest BCUT2D eigenvalue weighted by molar-refractivity contribution is -0.274. The van der Waals surface area contributed by atoms with Crippen LogP contribution in [0.3, 0.4) is 0 Å². The summed E-state index contributed by atoms with van der Waals surface area (Å²) in [5.74, 6) is -0.251. The maximum atomic E-state index is 12.0. The standard InChI is InChI=1S/C14H17F3N2OS/c15-14(16,17)20-12-8-6-11(7-9-12)19-13(21)18-10-4-2-1-3-5-10/h6-10H,1-5H2,(H2,18,19,21). The number of thiocarbonyl (C=S) groups is 1. The molecule has 3 nitrogen and oxygen atoms in total. The molecule has 0 heterocycles. The molecule has 0 aromatic heterocycles. The predicted molar refractivity (Wildman–Crippen MR) is 79.4 cm³/mol. The van der Waals surface area contributed by atoms with E-state index in [4.69, 9.17) is 12.2 Å². The van der Waals surface area contributed by atoms with Crippen LogP contribution < -0.4 is 15.4 Å². The van der Waals surface area contributed by atoms with Crippen LogP contribution in [-0.2, 0) is 0 Å². The Bertz CT molecular complexity index is 470. The Morgan fingerprint density at radius 2 is 1.71 bits per heavy atom. The minimum absolute atomic E-state index is 0.251. The molecule has 0 amide bonds. The zero-order chi connectivity index (χ0) is 15.3. The van der Waals surface area contributed by atoms with Crippen molar-refractivity contribution < 1.29 is 17.9 Å². The molecule has 0 bridgehead atoms. The molecular formula is C14H17F3N2OS. The highest BCUT2D eigenvalue weighted by Gasteiger charge is 2.30. The van der Waals surface area contributed by atoms with Crippen molar-refractivity contribution in [2.45, 2.75) is 44.5 Å². The maximum absolute atomic E-state index is 12.0. The molecule has 0 saturated heterocycles. The second-order valence-electron chi connectivity index (χ2n) is 5.01. The molecule has 2 N–H and O–H groups in total. The van der Waals surface area contributed by atoms with Gasteiger partial charge in [0.05, 0.1) is 0 Å². The van der Waals surface area contributed by atoms with E-state index >= 15 is 0 Å². The molecule has 0 aliphatic heterocycles. The van der Waals surface area contributed by atoms with Gasteiger partial charge < -0.3 is 15.4 Å². The predicted octanol–water partition coefficient (Wildman–Crippen LogP) is 4.20. The molecule has 0 radical (unpaired) electrons. The van der Waals surface area contributed by atoms with Crippen LogP contribution in [0.2, 0.25) is 0 Å². The lowest BCUT2D eigenvalue weighted by atomic mass is 9.96. The molecule has 2 rings (SSSR count). The van der Waals surface area contributed by atoms with Crippen molar-refractivity contribution in [3.05, 3.63) is 24.3 Å². The number of benzene rings is 1. The van der Waals surface area contributed by atoms with Gasteiger partial charge in [-0.3, -0.25) is 0 Å². The molecule has 1 aliphatic rings. The first kappa shape index (κ1) is 15.9. The highest BCUT2D eigenvalue weighted by Crippen LogP contribution is 2.24. The summed E-state index contributed by atoms with van der Waals surface area (Å²) in [5, 5.41) is 6.68. The molecule has 0 atom stereocenters. The summed E-state index contributed by atoms with van der Waals surface area (Å²) in [7, 11) is 0. The van der Waals surface area contributed by atoms with Crippen molar-refractivity contribution in [2.75, 3.05) is 5.32 Å². The van der Waals surface area contributed by atoms with E-state index in [1.54, 1.807) is 0 Å². The first-order valence-electron chi connectivity index (χ1n) is 6.86. The van der Waals surface area contributed by atoms with Crippen molar-refractivity contribution in [2.24, 2.45) is 0 Å². The highest BCUT2D eigenvalue weighted by atomic mass is 32.1. The van der Waals surface area contributed by atoms with Gasteiger partial charge in [-0.2, -0.15) is 0 Å². The number of halogens is 3. The van der Waals surface area contributed by atoms with Gasteiger partial charge in [0.1, 0.15) is 5.75 Å². The Morgan fingerprint density at radius 3 is 2.29 bits per heavy atom. The lowest BCUT2D eigenvalue weighted by Gasteiger charge is -2.24. The normalized spacial score (nSPS) is 16.3. The lowest BCUT2D eigenvalue weighted by Crippen LogP contribution is -2.38. The van der Waals surface area contributed by atoms with Gasteiger partial charge in [-0.25, -0.2) is 0 Å². The number of nitrogens with one attached hydrogen (secondary N) is 2. The average Bonchev–Trinajstić information content (AvgIpc) is 2.40. The summed E-state index contributed by atoms with van der Waals surface area (Å²) in [6, 6.07) is 5.87. The van der Waals surface area contributed by atoms with Crippen molar-refractivity contribution in [3.63, 3.8) is 0 Å². The third-order valence-corrected chi connectivity index (χ3v) is 3.51. The average molecular weight is 318 g/mol. The summed E-state index contributed by atoms with van der Waals surface area (Å²) in [4.78, 5) is 0. The third-order valence-electron chi connectivity index (χ3n) is 3.29. The van der Waals surface area contributed by atoms with Crippen LogP contribution in [0, 0.1) is 0 Å². The second kappa shape index (κ2) is 6.98. The Labute approximate surface area is 126 Å². The number of anilines is 1. The molecular weight excluding hydrogens is 301 g/mol. The Morgan fingerprint density at radius 1 is 1.10 bits per heavy atom. The molecule has 1 aromatic carbocycles. The fourth-order valence-electron chi connectivity index (χ4n) is 2.34. The summed E-state index contributed by atoms with van der Waals surface area (Å²) >= 11 is 5.20. The van der Waals surface area contributed by atoms with Gasteiger partial charge in [-0.1, -0.05) is 19.3 Å². The van der Waals surface area contributed by atoms with Gasteiger partial charge in [-0.15, -0.1) is 13.2 Å². The largest absolute Gasteiger partial charge is 0.573 e. The summed E-state index contributed by atoms with van der Waals surface area (Å²) in [6.45, 7) is 0. The van der Waals surface area contributed by atoms with E-state index in [2.05, 4.69) is 15.4 Å². The number of rotatable bonds is 3. The van der Waals surface area contributed by atoms with Gasteiger partial charge in [0.25, 0.3) is 0 Å². The van der Waals surface area contributed by atoms with Crippen LogP contribution in [0.4, 0.5) is 18.9 Å². The first-order valence-corrected chi connectivity index (χ1v) is 7.26. The van der Waals surface area contributed by atoms with Gasteiger partial charge >= 0.3 is 6.36 Å². The fraction of sp³-hybridized carbons (Fsp3) is 0.500. The van der Waals surface area contributed by atoms with Crippen molar-refractivity contribution >= 4 is 23.0 Å². The van der Waals surface area contributed by atoms with Gasteiger partial charge in [0, 0.05) is 11.7 Å². The van der Waals surface area contributed by atoms with Crippen molar-refractivity contribution in [1.29, 1.82) is 0 Å². The minimum atomic E-state index is -4.67. The number of hydrogen-bond acceptors (Lipinski definition) is 2. The second-order valence-corrected chi connectivity index (χ2v) is 5.41. The van der Waals surface area contributed by atoms with Gasteiger partial charge in [0.2, 0.25) is 0 Å². The summed E-state index contributed by atoms with van der Waals surface area (Å²) in [5.41, 5.74) is 0.623. The van der Waals surface area contributed by atoms with Gasteiger partial charge in [0.15, 0.2) is 5.11 Å². The molecule has 1 aliphatic carbocycles. The number of alkyl halides is 3. The third kappa shape index (κ3) is 5.79. The van der Waals surface area contributed by atoms with E-state index in [0.717, 1.165) is 12.8 Å². The quantitative estimate of drug-likeness (QED) is 0.818. The van der Waals surface area contributed by atoms with Gasteiger partial charge in [-0.05, 0) is 49.3 Å². The first-order chi connectivity index (χ1) is 9.92. The Balaban J connectivity index is 1.83. The zero-order valence-corrected chi connectivity index (χ0v) is 12.2. The van der Waals surface area contributed by atoms with E-state index in [0.29, 0.717) is 16.8 Å². The highest BCUT2D eigenvalue weighted by molar-refractivity contribution is 7.80. The fourth-order valence-corrected chi connectivity index (χ4v) is 2.62. The molecule has 0 spiro atoms. The number of hydrogen-bond donors (Lipinski definition) is 2. The van der Waals surface area contributed by atoms with Crippen LogP contribution in [-0.4, -0.2) is 17.5 Å². The molecule has 116 valence electrons. The van der Waals surface area contributed by atoms with E-state index in [1.165, 1.54) is 43.5 Å². The Hall–Kier alpha value is -1.50. The van der Waals surface area contributed by atoms with Crippen LogP contribution in [0.1, 0.15) is 32.1 Å². The SMILES string of the molecule is FC(F)(F)Oc1ccc(NC(=S)NC2CCCCC2)cc1. The molecule has 1 saturated carbocycles. The molecule has 21 heavy (non-hydrogen) atoms. The monoisotopic (exact) mass is 318 g/mol. The minimum Gasteiger partial charge on any atom is -0.406 e. The van der Waals surface area contributed by atoms with Crippen LogP contribution in [0.5, 0.6) is 5.75 Å². The molecule has 7 heteroatoms. The topological polar surface area (TPSA) is 33.3 Å². The van der Waals surface area contributed by atoms with E-state index < -0.39 is 6.36 Å². The molecule has 0 unspecified atom stereocenters. The van der Waals surface area contributed by atoms with E-state index in [-0.39, 0.29) is 5.75 Å². The zero-order valence-electron chi connectivity index (χ0n) is 11.4. The van der Waals surface area contributed by atoms with Crippen molar-refractivity contribution in [3.8, 4) is 5.75 Å². The summed E-state index contributed by atoms with van der Waals surface area (Å²) in [6.07, 6.45) is 1.18. The maximum Gasteiger partial charge on any atom is 0.573 e. The Kier molecular flexibility index (Phi) is 5.27.